The van der Waals surface area contributed by atoms with Crippen LogP contribution in [0.4, 0.5) is 0 Å². The van der Waals surface area contributed by atoms with Crippen molar-refractivity contribution in [3.8, 4) is 5.75 Å². The van der Waals surface area contributed by atoms with E-state index < -0.39 is 0 Å². The summed E-state index contributed by atoms with van der Waals surface area (Å²) in [4.78, 5) is 15.4. The molecule has 20 heavy (non-hydrogen) atoms. The van der Waals surface area contributed by atoms with E-state index >= 15 is 0 Å². The predicted molar refractivity (Wildman–Crippen MR) is 83.2 cm³/mol. The molecule has 2 unspecified atom stereocenters. The molecule has 1 aromatic rings. The molecule has 0 saturated carbocycles. The fourth-order valence-corrected chi connectivity index (χ4v) is 3.58. The Morgan fingerprint density at radius 1 is 1.25 bits per heavy atom. The van der Waals surface area contributed by atoms with E-state index in [1.165, 1.54) is 6.42 Å². The van der Waals surface area contributed by atoms with Gasteiger partial charge in [-0.05, 0) is 42.5 Å². The van der Waals surface area contributed by atoms with E-state index in [2.05, 4.69) is 13.8 Å². The van der Waals surface area contributed by atoms with Crippen molar-refractivity contribution >= 4 is 17.7 Å². The molecule has 0 radical (unpaired) electrons. The van der Waals surface area contributed by atoms with Gasteiger partial charge < -0.3 is 9.64 Å². The van der Waals surface area contributed by atoms with Crippen molar-refractivity contribution in [1.82, 2.24) is 4.90 Å². The fraction of sp³-hybridized carbons (Fsp3) is 0.562. The highest BCUT2D eigenvalue weighted by molar-refractivity contribution is 8.00. The lowest BCUT2D eigenvalue weighted by Gasteiger charge is -2.35. The van der Waals surface area contributed by atoms with Crippen LogP contribution >= 0.6 is 11.8 Å². The van der Waals surface area contributed by atoms with E-state index in [1.54, 1.807) is 18.9 Å². The highest BCUT2D eigenvalue weighted by Crippen LogP contribution is 2.24. The summed E-state index contributed by atoms with van der Waals surface area (Å²) >= 11 is 1.60. The molecule has 1 saturated heterocycles. The monoisotopic (exact) mass is 293 g/mol. The van der Waals surface area contributed by atoms with Crippen LogP contribution < -0.4 is 4.74 Å². The van der Waals surface area contributed by atoms with Crippen LogP contribution in [-0.4, -0.2) is 36.8 Å². The molecule has 0 N–H and O–H groups in total. The van der Waals surface area contributed by atoms with Gasteiger partial charge in [-0.25, -0.2) is 0 Å². The van der Waals surface area contributed by atoms with Crippen molar-refractivity contribution in [1.29, 1.82) is 0 Å². The number of hydrogen-bond donors (Lipinski definition) is 0. The third kappa shape index (κ3) is 4.17. The number of likely N-dealkylation sites (tertiary alicyclic amines) is 1. The molecule has 4 heteroatoms. The van der Waals surface area contributed by atoms with Crippen LogP contribution in [0.2, 0.25) is 0 Å². The Morgan fingerprint density at radius 3 is 2.40 bits per heavy atom. The van der Waals surface area contributed by atoms with Gasteiger partial charge in [-0.3, -0.25) is 4.79 Å². The van der Waals surface area contributed by atoms with Crippen LogP contribution in [-0.2, 0) is 4.79 Å². The van der Waals surface area contributed by atoms with Crippen LogP contribution in [0.3, 0.4) is 0 Å². The number of hydrogen-bond acceptors (Lipinski definition) is 3. The lowest BCUT2D eigenvalue weighted by atomic mass is 9.92. The minimum atomic E-state index is 0.254. The van der Waals surface area contributed by atoms with Gasteiger partial charge in [0, 0.05) is 18.0 Å². The number of nitrogens with zero attached hydrogens (tertiary/aromatic N) is 1. The summed E-state index contributed by atoms with van der Waals surface area (Å²) in [6.07, 6.45) is 1.23. The minimum absolute atomic E-state index is 0.254. The smallest absolute Gasteiger partial charge is 0.232 e. The number of ether oxygens (including phenoxy) is 1. The van der Waals surface area contributed by atoms with Gasteiger partial charge in [-0.15, -0.1) is 11.8 Å². The molecule has 0 spiro atoms. The normalized spacial score (nSPS) is 22.6. The van der Waals surface area contributed by atoms with Crippen molar-refractivity contribution in [3.05, 3.63) is 24.3 Å². The topological polar surface area (TPSA) is 29.5 Å². The Kier molecular flexibility index (Phi) is 5.35. The van der Waals surface area contributed by atoms with Crippen LogP contribution in [0, 0.1) is 11.8 Å². The van der Waals surface area contributed by atoms with Crippen molar-refractivity contribution in [3.63, 3.8) is 0 Å². The standard InChI is InChI=1S/C16H23NO2S/c1-12-8-13(2)10-17(9-12)16(18)11-20-15-6-4-14(19-3)5-7-15/h4-7,12-13H,8-11H2,1-3H3. The Hall–Kier alpha value is -1.16. The van der Waals surface area contributed by atoms with Gasteiger partial charge in [0.25, 0.3) is 0 Å². The highest BCUT2D eigenvalue weighted by Gasteiger charge is 2.25. The van der Waals surface area contributed by atoms with Gasteiger partial charge in [0.2, 0.25) is 5.91 Å². The van der Waals surface area contributed by atoms with Gasteiger partial charge in [-0.2, -0.15) is 0 Å². The summed E-state index contributed by atoms with van der Waals surface area (Å²) in [6.45, 7) is 6.28. The Balaban J connectivity index is 1.84. The molecular formula is C16H23NO2S. The zero-order chi connectivity index (χ0) is 14.5. The van der Waals surface area contributed by atoms with E-state index in [0.29, 0.717) is 17.6 Å². The van der Waals surface area contributed by atoms with E-state index in [4.69, 9.17) is 4.74 Å². The largest absolute Gasteiger partial charge is 0.497 e. The number of methoxy groups -OCH3 is 1. The third-order valence-electron chi connectivity index (χ3n) is 3.64. The molecule has 1 aromatic carbocycles. The zero-order valence-corrected chi connectivity index (χ0v) is 13.3. The van der Waals surface area contributed by atoms with Crippen LogP contribution in [0.15, 0.2) is 29.2 Å². The molecule has 2 rings (SSSR count). The first-order valence-corrected chi connectivity index (χ1v) is 8.11. The second-order valence-electron chi connectivity index (χ2n) is 5.71. The Labute approximate surface area is 125 Å². The molecule has 0 aliphatic carbocycles. The van der Waals surface area contributed by atoms with Crippen LogP contribution in [0.25, 0.3) is 0 Å². The van der Waals surface area contributed by atoms with Crippen molar-refractivity contribution in [2.45, 2.75) is 25.2 Å². The van der Waals surface area contributed by atoms with Crippen LogP contribution in [0.1, 0.15) is 20.3 Å². The van der Waals surface area contributed by atoms with E-state index in [9.17, 15) is 4.79 Å². The molecule has 1 aliphatic rings. The molecule has 1 amide bonds. The van der Waals surface area contributed by atoms with Crippen molar-refractivity contribution < 1.29 is 9.53 Å². The van der Waals surface area contributed by atoms with E-state index in [1.807, 2.05) is 29.2 Å². The molecule has 1 aliphatic heterocycles. The third-order valence-corrected chi connectivity index (χ3v) is 4.64. The zero-order valence-electron chi connectivity index (χ0n) is 12.5. The Morgan fingerprint density at radius 2 is 1.85 bits per heavy atom. The van der Waals surface area contributed by atoms with Crippen molar-refractivity contribution in [2.75, 3.05) is 26.0 Å². The average Bonchev–Trinajstić information content (AvgIpc) is 2.44. The number of benzene rings is 1. The Bertz CT molecular complexity index is 436. The maximum Gasteiger partial charge on any atom is 0.232 e. The molecular weight excluding hydrogens is 270 g/mol. The molecule has 0 aromatic heterocycles. The summed E-state index contributed by atoms with van der Waals surface area (Å²) in [5.41, 5.74) is 0. The second kappa shape index (κ2) is 7.02. The average molecular weight is 293 g/mol. The molecule has 1 fully saturated rings. The molecule has 1 heterocycles. The first-order chi connectivity index (χ1) is 9.58. The van der Waals surface area contributed by atoms with E-state index in [-0.39, 0.29) is 5.91 Å². The summed E-state index contributed by atoms with van der Waals surface area (Å²) in [6, 6.07) is 7.85. The molecule has 0 bridgehead atoms. The minimum Gasteiger partial charge on any atom is -0.497 e. The number of piperidine rings is 1. The van der Waals surface area contributed by atoms with Gasteiger partial charge in [0.1, 0.15) is 5.75 Å². The first-order valence-electron chi connectivity index (χ1n) is 7.13. The number of rotatable bonds is 4. The molecule has 110 valence electrons. The SMILES string of the molecule is COc1ccc(SCC(=O)N2CC(C)CC(C)C2)cc1. The maximum absolute atomic E-state index is 12.3. The number of carbonyl (C=O) groups is 1. The first kappa shape index (κ1) is 15.2. The fourth-order valence-electron chi connectivity index (χ4n) is 2.77. The molecule has 2 atom stereocenters. The quantitative estimate of drug-likeness (QED) is 0.798. The second-order valence-corrected chi connectivity index (χ2v) is 6.76. The van der Waals surface area contributed by atoms with Gasteiger partial charge in [0.15, 0.2) is 0 Å². The van der Waals surface area contributed by atoms with Gasteiger partial charge in [0.05, 0.1) is 12.9 Å². The highest BCUT2D eigenvalue weighted by atomic mass is 32.2. The maximum atomic E-state index is 12.3. The summed E-state index contributed by atoms with van der Waals surface area (Å²) in [7, 11) is 1.66. The molecule has 3 nitrogen and oxygen atoms in total. The lowest BCUT2D eigenvalue weighted by molar-refractivity contribution is -0.130. The number of thioether (sulfide) groups is 1. The van der Waals surface area contributed by atoms with Crippen LogP contribution in [0.5, 0.6) is 5.75 Å². The van der Waals surface area contributed by atoms with E-state index in [0.717, 1.165) is 23.7 Å². The van der Waals surface area contributed by atoms with Gasteiger partial charge >= 0.3 is 0 Å². The van der Waals surface area contributed by atoms with Gasteiger partial charge in [-0.1, -0.05) is 13.8 Å². The van der Waals surface area contributed by atoms with Crippen molar-refractivity contribution in [2.24, 2.45) is 11.8 Å². The number of carbonyl (C=O) groups excluding carboxylic acids is 1. The predicted octanol–water partition coefficient (Wildman–Crippen LogP) is 3.29. The lowest BCUT2D eigenvalue weighted by Crippen LogP contribution is -2.43. The summed E-state index contributed by atoms with van der Waals surface area (Å²) < 4.78 is 5.13. The number of amides is 1. The summed E-state index contributed by atoms with van der Waals surface area (Å²) in [5, 5.41) is 0. The summed E-state index contributed by atoms with van der Waals surface area (Å²) in [5.74, 6) is 2.86.